The summed E-state index contributed by atoms with van der Waals surface area (Å²) < 4.78 is 0. The van der Waals surface area contributed by atoms with Crippen LogP contribution in [0.25, 0.3) is 0 Å². The molecule has 0 atom stereocenters. The maximum atomic E-state index is 3.70. The van der Waals surface area contributed by atoms with E-state index >= 15 is 0 Å². The molecule has 0 aromatic heterocycles. The van der Waals surface area contributed by atoms with Crippen LogP contribution in [-0.4, -0.2) is 36.4 Å². The zero-order valence-corrected chi connectivity index (χ0v) is 22.0. The largest absolute Gasteiger partial charge is 0.377 e. The van der Waals surface area contributed by atoms with E-state index in [0.29, 0.717) is 0 Å². The lowest BCUT2D eigenvalue weighted by molar-refractivity contribution is 0.311. The molecule has 0 radical (unpaired) electrons. The molecule has 0 bridgehead atoms. The van der Waals surface area contributed by atoms with Crippen molar-refractivity contribution >= 4 is 15.7 Å². The van der Waals surface area contributed by atoms with Crippen LogP contribution in [0, 0.1) is 17.3 Å². The molecule has 1 N–H and O–H groups in total. The van der Waals surface area contributed by atoms with Gasteiger partial charge in [0.1, 0.15) is 0 Å². The molecule has 174 valence electrons. The van der Waals surface area contributed by atoms with E-state index in [1.165, 1.54) is 21.7 Å². The van der Waals surface area contributed by atoms with E-state index in [-0.39, 0.29) is 5.41 Å². The number of nitrogens with zero attached hydrogens (tertiary/aromatic N) is 1. The van der Waals surface area contributed by atoms with E-state index in [1.807, 2.05) is 6.08 Å². The summed E-state index contributed by atoms with van der Waals surface area (Å²) in [7, 11) is -0.896. The average Bonchev–Trinajstić information content (AvgIpc) is 2.76. The molecule has 0 amide bonds. The predicted molar refractivity (Wildman–Crippen MR) is 146 cm³/mol. The Morgan fingerprint density at radius 3 is 2.34 bits per heavy atom. The van der Waals surface area contributed by atoms with Crippen molar-refractivity contribution in [3.05, 3.63) is 71.8 Å². The van der Waals surface area contributed by atoms with Gasteiger partial charge in [0, 0.05) is 30.1 Å². The van der Waals surface area contributed by atoms with Gasteiger partial charge < -0.3 is 5.32 Å². The van der Waals surface area contributed by atoms with Gasteiger partial charge in [0.25, 0.3) is 0 Å². The number of nitrogens with one attached hydrogen (secondary N) is 1. The Balaban J connectivity index is 1.95. The van der Waals surface area contributed by atoms with Gasteiger partial charge in [-0.2, -0.15) is 0 Å². The minimum atomic E-state index is -0.896. The van der Waals surface area contributed by atoms with Crippen LogP contribution < -0.4 is 5.32 Å². The predicted octanol–water partition coefficient (Wildman–Crippen LogP) is 7.17. The molecule has 0 saturated carbocycles. The summed E-state index contributed by atoms with van der Waals surface area (Å²) in [5, 5.41) is 3.70. The van der Waals surface area contributed by atoms with Crippen molar-refractivity contribution in [2.24, 2.45) is 5.41 Å². The molecule has 0 aliphatic carbocycles. The Labute approximate surface area is 198 Å². The molecular formula is C29H42N2S. The maximum absolute atomic E-state index is 3.70. The van der Waals surface area contributed by atoms with Crippen molar-refractivity contribution in [3.8, 4) is 11.8 Å². The Kier molecular flexibility index (Phi) is 9.94. The summed E-state index contributed by atoms with van der Waals surface area (Å²) in [4.78, 5) is 3.88. The number of anilines is 1. The lowest BCUT2D eigenvalue weighted by Crippen LogP contribution is -2.22. The summed E-state index contributed by atoms with van der Waals surface area (Å²) in [5.41, 5.74) is 4.00. The van der Waals surface area contributed by atoms with Gasteiger partial charge in [-0.25, -0.2) is 10.0 Å². The molecule has 0 heterocycles. The topological polar surface area (TPSA) is 15.3 Å². The average molecular weight is 451 g/mol. The number of aryl methyl sites for hydroxylation is 1. The highest BCUT2D eigenvalue weighted by molar-refractivity contribution is 8.32. The SMILES string of the molecule is CCc1ccc(S(C)(C)CNc2cccc(CN(CC)C/C=C/C#CC(C)(C)C)c2)cc1. The molecule has 0 unspecified atom stereocenters. The molecule has 2 aromatic carbocycles. The molecule has 32 heavy (non-hydrogen) atoms. The zero-order valence-electron chi connectivity index (χ0n) is 21.2. The molecule has 2 nitrogen and oxygen atoms in total. The van der Waals surface area contributed by atoms with Crippen molar-refractivity contribution in [1.29, 1.82) is 0 Å². The van der Waals surface area contributed by atoms with Crippen molar-refractivity contribution in [3.63, 3.8) is 0 Å². The van der Waals surface area contributed by atoms with Gasteiger partial charge in [-0.1, -0.05) is 56.0 Å². The normalized spacial score (nSPS) is 12.6. The second kappa shape index (κ2) is 12.2. The Morgan fingerprint density at radius 2 is 1.72 bits per heavy atom. The molecule has 0 fully saturated rings. The van der Waals surface area contributed by atoms with E-state index in [2.05, 4.69) is 124 Å². The highest BCUT2D eigenvalue weighted by Gasteiger charge is 2.14. The van der Waals surface area contributed by atoms with E-state index in [9.17, 15) is 0 Å². The second-order valence-corrected chi connectivity index (χ2v) is 13.6. The first kappa shape index (κ1) is 26.1. The third-order valence-corrected chi connectivity index (χ3v) is 7.81. The standard InChI is InChI=1S/C29H42N2S/c1-8-25-16-18-28(19-17-25)32(6,7)24-30-27-15-13-14-26(22-27)23-31(9-2)21-12-10-11-20-29(3,4)5/h10,12-19,22,30H,8-9,21,23-24H2,1-7H3/b12-10+. The first-order valence-corrected chi connectivity index (χ1v) is 14.3. The summed E-state index contributed by atoms with van der Waals surface area (Å²) >= 11 is 0. The van der Waals surface area contributed by atoms with Crippen LogP contribution >= 0.6 is 10.0 Å². The minimum absolute atomic E-state index is 0.0530. The number of benzene rings is 2. The molecule has 2 rings (SSSR count). The zero-order chi connectivity index (χ0) is 23.6. The summed E-state index contributed by atoms with van der Waals surface area (Å²) in [6.07, 6.45) is 10.0. The molecule has 0 aliphatic rings. The van der Waals surface area contributed by atoms with E-state index in [4.69, 9.17) is 0 Å². The van der Waals surface area contributed by atoms with Gasteiger partial charge in [0.15, 0.2) is 0 Å². The number of allylic oxidation sites excluding steroid dienone is 1. The number of likely N-dealkylation sites (N-methyl/N-ethyl adjacent to an activating group) is 1. The van der Waals surface area contributed by atoms with Gasteiger partial charge in [-0.05, 0) is 92.6 Å². The van der Waals surface area contributed by atoms with Crippen molar-refractivity contribution in [2.75, 3.05) is 36.8 Å². The Morgan fingerprint density at radius 1 is 1.00 bits per heavy atom. The monoisotopic (exact) mass is 450 g/mol. The second-order valence-electron chi connectivity index (χ2n) is 9.81. The van der Waals surface area contributed by atoms with Gasteiger partial charge >= 0.3 is 0 Å². The Bertz CT molecular complexity index is 924. The molecule has 3 heteroatoms. The van der Waals surface area contributed by atoms with E-state index < -0.39 is 10.0 Å². The van der Waals surface area contributed by atoms with Gasteiger partial charge in [0.2, 0.25) is 0 Å². The Hall–Kier alpha value is -2.15. The smallest absolute Gasteiger partial charge is 0.0490 e. The van der Waals surface area contributed by atoms with Gasteiger partial charge in [-0.15, -0.1) is 0 Å². The maximum Gasteiger partial charge on any atom is 0.0490 e. The molecule has 0 spiro atoms. The summed E-state index contributed by atoms with van der Waals surface area (Å²) in [5.74, 6) is 7.40. The summed E-state index contributed by atoms with van der Waals surface area (Å²) in [6, 6.07) is 18.0. The lowest BCUT2D eigenvalue weighted by Gasteiger charge is -2.32. The molecule has 2 aromatic rings. The van der Waals surface area contributed by atoms with Crippen LogP contribution in [-0.2, 0) is 13.0 Å². The molecular weight excluding hydrogens is 408 g/mol. The number of rotatable bonds is 10. The highest BCUT2D eigenvalue weighted by Crippen LogP contribution is 2.48. The van der Waals surface area contributed by atoms with Gasteiger partial charge in [-0.3, -0.25) is 4.90 Å². The fourth-order valence-corrected chi connectivity index (χ4v) is 4.87. The van der Waals surface area contributed by atoms with Crippen molar-refractivity contribution < 1.29 is 0 Å². The molecule has 0 aliphatic heterocycles. The van der Waals surface area contributed by atoms with Gasteiger partial charge in [0.05, 0.1) is 0 Å². The minimum Gasteiger partial charge on any atom is -0.377 e. The van der Waals surface area contributed by atoms with Crippen molar-refractivity contribution in [2.45, 2.75) is 52.5 Å². The van der Waals surface area contributed by atoms with E-state index in [1.54, 1.807) is 0 Å². The van der Waals surface area contributed by atoms with Crippen LogP contribution in [0.1, 0.15) is 45.7 Å². The third kappa shape index (κ3) is 9.15. The van der Waals surface area contributed by atoms with Crippen LogP contribution in [0.4, 0.5) is 5.69 Å². The third-order valence-electron chi connectivity index (χ3n) is 5.40. The summed E-state index contributed by atoms with van der Waals surface area (Å²) in [6.45, 7) is 13.7. The molecule has 0 saturated heterocycles. The van der Waals surface area contributed by atoms with Crippen LogP contribution in [0.5, 0.6) is 0 Å². The lowest BCUT2D eigenvalue weighted by atomic mass is 9.98. The first-order valence-electron chi connectivity index (χ1n) is 11.7. The quantitative estimate of drug-likeness (QED) is 0.386. The van der Waals surface area contributed by atoms with Crippen molar-refractivity contribution in [1.82, 2.24) is 4.90 Å². The first-order chi connectivity index (χ1) is 15.1. The number of hydrogen-bond donors (Lipinski definition) is 1. The van der Waals surface area contributed by atoms with Crippen LogP contribution in [0.15, 0.2) is 65.6 Å². The number of hydrogen-bond acceptors (Lipinski definition) is 2. The highest BCUT2D eigenvalue weighted by atomic mass is 32.3. The van der Waals surface area contributed by atoms with E-state index in [0.717, 1.165) is 31.9 Å². The fraction of sp³-hybridized carbons (Fsp3) is 0.448. The fourth-order valence-electron chi connectivity index (χ4n) is 3.30. The van der Waals surface area contributed by atoms with Crippen LogP contribution in [0.3, 0.4) is 0 Å². The van der Waals surface area contributed by atoms with Crippen LogP contribution in [0.2, 0.25) is 0 Å².